The monoisotopic (exact) mass is 1180 g/mol. The second kappa shape index (κ2) is 64.1. The van der Waals surface area contributed by atoms with Crippen molar-refractivity contribution in [3.05, 3.63) is 48.6 Å². The van der Waals surface area contributed by atoms with Crippen LogP contribution >= 0.6 is 0 Å². The zero-order valence-electron chi connectivity index (χ0n) is 55.4. The van der Waals surface area contributed by atoms with Gasteiger partial charge in [0, 0.05) is 6.42 Å². The van der Waals surface area contributed by atoms with Gasteiger partial charge in [-0.15, -0.1) is 0 Å². The number of unbranched alkanes of at least 4 members (excludes halogenated alkanes) is 49. The van der Waals surface area contributed by atoms with Crippen LogP contribution in [0.5, 0.6) is 0 Å². The minimum atomic E-state index is -1.58. The van der Waals surface area contributed by atoms with Gasteiger partial charge in [0.1, 0.15) is 24.4 Å². The molecule has 9 nitrogen and oxygen atoms in total. The van der Waals surface area contributed by atoms with Crippen LogP contribution in [0.4, 0.5) is 0 Å². The molecule has 1 rings (SSSR count). The number of amides is 1. The van der Waals surface area contributed by atoms with E-state index in [2.05, 4.69) is 55.6 Å². The normalized spacial score (nSPS) is 18.4. The van der Waals surface area contributed by atoms with E-state index in [9.17, 15) is 30.3 Å². The molecule has 7 unspecified atom stereocenters. The van der Waals surface area contributed by atoms with Gasteiger partial charge in [-0.05, 0) is 70.6 Å². The first kappa shape index (κ1) is 80.2. The molecule has 1 fully saturated rings. The number of carbonyl (C=O) groups excluding carboxylic acids is 1. The SMILES string of the molecule is CCCCCCCCCC/C=C\CCCCCCCCCCCCCCCCCCCCCCCC(=O)NC(COC1OC(CO)C(O)C(O)C1O)C(O)/C=C/CC/C=C/CC/C=C/CCCCCCCCCCCCCCCCCCCC. The molecule has 0 aromatic rings. The Morgan fingerprint density at radius 3 is 1.00 bits per heavy atom. The highest BCUT2D eigenvalue weighted by atomic mass is 16.7. The van der Waals surface area contributed by atoms with Gasteiger partial charge >= 0.3 is 0 Å². The number of rotatable bonds is 65. The maximum atomic E-state index is 13.1. The van der Waals surface area contributed by atoms with Crippen molar-refractivity contribution in [3.8, 4) is 0 Å². The number of aliphatic hydroxyl groups excluding tert-OH is 5. The number of hydrogen-bond donors (Lipinski definition) is 6. The van der Waals surface area contributed by atoms with Gasteiger partial charge in [-0.3, -0.25) is 4.79 Å². The van der Waals surface area contributed by atoms with Gasteiger partial charge in [-0.25, -0.2) is 0 Å². The number of ether oxygens (including phenoxy) is 2. The minimum Gasteiger partial charge on any atom is -0.394 e. The molecule has 0 aromatic heterocycles. The molecule has 0 spiro atoms. The molecule has 1 aliphatic heterocycles. The fourth-order valence-corrected chi connectivity index (χ4v) is 11.8. The van der Waals surface area contributed by atoms with Crippen LogP contribution in [0.15, 0.2) is 48.6 Å². The summed E-state index contributed by atoms with van der Waals surface area (Å²) in [5.74, 6) is -0.184. The average molecular weight is 1180 g/mol. The van der Waals surface area contributed by atoms with Gasteiger partial charge in [-0.1, -0.05) is 339 Å². The summed E-state index contributed by atoms with van der Waals surface area (Å²) < 4.78 is 11.3. The van der Waals surface area contributed by atoms with Crippen LogP contribution in [0, 0.1) is 0 Å². The topological polar surface area (TPSA) is 149 Å². The zero-order chi connectivity index (χ0) is 60.7. The molecule has 0 bridgehead atoms. The lowest BCUT2D eigenvalue weighted by molar-refractivity contribution is -0.302. The van der Waals surface area contributed by atoms with Gasteiger partial charge < -0.3 is 40.3 Å². The Hall–Kier alpha value is -1.85. The summed E-state index contributed by atoms with van der Waals surface area (Å²) in [6, 6.07) is -0.829. The number of nitrogens with one attached hydrogen (secondary N) is 1. The minimum absolute atomic E-state index is 0.184. The lowest BCUT2D eigenvalue weighted by Crippen LogP contribution is -2.60. The Bertz CT molecular complexity index is 1470. The highest BCUT2D eigenvalue weighted by Crippen LogP contribution is 2.23. The molecule has 1 heterocycles. The predicted molar refractivity (Wildman–Crippen MR) is 359 cm³/mol. The van der Waals surface area contributed by atoms with Crippen LogP contribution in [0.3, 0.4) is 0 Å². The summed E-state index contributed by atoms with van der Waals surface area (Å²) >= 11 is 0. The van der Waals surface area contributed by atoms with E-state index in [1.54, 1.807) is 6.08 Å². The molecule has 494 valence electrons. The summed E-state index contributed by atoms with van der Waals surface area (Å²) in [5, 5.41) is 54.8. The second-order valence-electron chi connectivity index (χ2n) is 25.7. The van der Waals surface area contributed by atoms with E-state index in [4.69, 9.17) is 9.47 Å². The third-order valence-corrected chi connectivity index (χ3v) is 17.6. The Labute approximate surface area is 520 Å². The van der Waals surface area contributed by atoms with Crippen LogP contribution < -0.4 is 5.32 Å². The highest BCUT2D eigenvalue weighted by molar-refractivity contribution is 5.76. The molecule has 9 heteroatoms. The van der Waals surface area contributed by atoms with E-state index in [1.165, 1.54) is 302 Å². The first-order valence-corrected chi connectivity index (χ1v) is 36.9. The quantitative estimate of drug-likeness (QED) is 0.0261. The molecule has 0 radical (unpaired) electrons. The molecule has 0 saturated carbocycles. The van der Waals surface area contributed by atoms with Gasteiger partial charge in [-0.2, -0.15) is 0 Å². The summed E-state index contributed by atoms with van der Waals surface area (Å²) in [6.45, 7) is 3.81. The molecule has 1 saturated heterocycles. The van der Waals surface area contributed by atoms with Crippen molar-refractivity contribution >= 4 is 5.91 Å². The standard InChI is InChI=1S/C75H141NO8/c1-3-5-7-9-11-13-15-17-19-21-23-25-27-29-31-33-34-35-36-37-39-41-43-45-47-49-51-53-55-57-59-61-63-65-71(79)76-68(67-83-75-74(82)73(81)72(80)70(66-77)84-75)69(78)64-62-60-58-56-54-52-50-48-46-44-42-40-38-32-30-28-26-24-22-20-18-16-14-12-10-8-6-4-2/h21,23,46,48,54,56,62,64,68-70,72-75,77-78,80-82H,3-20,22,24-45,47,49-53,55,57-61,63,65-67H2,1-2H3,(H,76,79)/b23-21-,48-46+,56-54+,64-62+. The van der Waals surface area contributed by atoms with Gasteiger partial charge in [0.15, 0.2) is 6.29 Å². The Kier molecular flexibility index (Phi) is 61.2. The van der Waals surface area contributed by atoms with Crippen molar-refractivity contribution < 1.29 is 39.8 Å². The summed E-state index contributed by atoms with van der Waals surface area (Å²) in [7, 11) is 0. The van der Waals surface area contributed by atoms with Crippen molar-refractivity contribution in [2.75, 3.05) is 13.2 Å². The van der Waals surface area contributed by atoms with Crippen LogP contribution in [0.2, 0.25) is 0 Å². The van der Waals surface area contributed by atoms with Crippen LogP contribution in [-0.2, 0) is 14.3 Å². The van der Waals surface area contributed by atoms with E-state index in [-0.39, 0.29) is 12.5 Å². The number of allylic oxidation sites excluding steroid dienone is 7. The first-order chi connectivity index (χ1) is 41.3. The third kappa shape index (κ3) is 52.1. The second-order valence-corrected chi connectivity index (χ2v) is 25.7. The lowest BCUT2D eigenvalue weighted by Gasteiger charge is -2.40. The van der Waals surface area contributed by atoms with Crippen molar-refractivity contribution in [2.24, 2.45) is 0 Å². The maximum Gasteiger partial charge on any atom is 0.220 e. The van der Waals surface area contributed by atoms with Crippen LogP contribution in [0.1, 0.15) is 367 Å². The van der Waals surface area contributed by atoms with Gasteiger partial charge in [0.25, 0.3) is 0 Å². The molecule has 6 N–H and O–H groups in total. The van der Waals surface area contributed by atoms with E-state index >= 15 is 0 Å². The average Bonchev–Trinajstić information content (AvgIpc) is 3.70. The summed E-state index contributed by atoms with van der Waals surface area (Å²) in [6.07, 6.45) is 81.0. The lowest BCUT2D eigenvalue weighted by atomic mass is 9.99. The van der Waals surface area contributed by atoms with E-state index in [1.807, 2.05) is 6.08 Å². The van der Waals surface area contributed by atoms with E-state index in [0.29, 0.717) is 6.42 Å². The molecule has 7 atom stereocenters. The molecule has 1 aliphatic rings. The molecule has 1 amide bonds. The zero-order valence-corrected chi connectivity index (χ0v) is 55.4. The summed E-state index contributed by atoms with van der Waals surface area (Å²) in [4.78, 5) is 13.1. The van der Waals surface area contributed by atoms with E-state index < -0.39 is 49.5 Å². The fourth-order valence-electron chi connectivity index (χ4n) is 11.8. The molecular weight excluding hydrogens is 1040 g/mol. The maximum absolute atomic E-state index is 13.1. The van der Waals surface area contributed by atoms with Crippen LogP contribution in [-0.4, -0.2) is 87.5 Å². The van der Waals surface area contributed by atoms with Crippen molar-refractivity contribution in [3.63, 3.8) is 0 Å². The Balaban J connectivity index is 2.13. The number of aliphatic hydroxyl groups is 5. The van der Waals surface area contributed by atoms with Crippen LogP contribution in [0.25, 0.3) is 0 Å². The Morgan fingerprint density at radius 2 is 0.679 bits per heavy atom. The smallest absolute Gasteiger partial charge is 0.220 e. The molecule has 0 aliphatic carbocycles. The van der Waals surface area contributed by atoms with Gasteiger partial charge in [0.2, 0.25) is 5.91 Å². The fraction of sp³-hybridized carbons (Fsp3) is 0.880. The van der Waals surface area contributed by atoms with Crippen molar-refractivity contribution in [1.82, 2.24) is 5.32 Å². The molecule has 84 heavy (non-hydrogen) atoms. The number of hydrogen-bond acceptors (Lipinski definition) is 8. The first-order valence-electron chi connectivity index (χ1n) is 36.9. The third-order valence-electron chi connectivity index (χ3n) is 17.6. The Morgan fingerprint density at radius 1 is 0.393 bits per heavy atom. The number of carbonyl (C=O) groups is 1. The largest absolute Gasteiger partial charge is 0.394 e. The highest BCUT2D eigenvalue weighted by Gasteiger charge is 2.44. The van der Waals surface area contributed by atoms with Crippen molar-refractivity contribution in [1.29, 1.82) is 0 Å². The molecular formula is C75H141NO8. The van der Waals surface area contributed by atoms with Gasteiger partial charge in [0.05, 0.1) is 25.4 Å². The van der Waals surface area contributed by atoms with Crippen molar-refractivity contribution in [2.45, 2.75) is 410 Å². The molecule has 0 aromatic carbocycles. The van der Waals surface area contributed by atoms with E-state index in [0.717, 1.165) is 44.9 Å². The predicted octanol–water partition coefficient (Wildman–Crippen LogP) is 20.4. The summed E-state index contributed by atoms with van der Waals surface area (Å²) in [5.41, 5.74) is 0.